The van der Waals surface area contributed by atoms with Gasteiger partial charge in [0.25, 0.3) is 5.69 Å². The van der Waals surface area contributed by atoms with Crippen molar-refractivity contribution in [3.05, 3.63) is 39.9 Å². The predicted octanol–water partition coefficient (Wildman–Crippen LogP) is 1.49. The van der Waals surface area contributed by atoms with Gasteiger partial charge < -0.3 is 9.84 Å². The Hall–Kier alpha value is -1.46. The minimum absolute atomic E-state index is 0.0779. The van der Waals surface area contributed by atoms with Crippen LogP contribution in [0.15, 0.2) is 24.3 Å². The van der Waals surface area contributed by atoms with E-state index in [9.17, 15) is 10.1 Å². The maximum Gasteiger partial charge on any atom is 0.269 e. The van der Waals surface area contributed by atoms with Crippen molar-refractivity contribution in [2.75, 3.05) is 13.2 Å². The first-order valence-electron chi connectivity index (χ1n) is 4.66. The van der Waals surface area contributed by atoms with E-state index in [4.69, 9.17) is 9.84 Å². The zero-order valence-corrected chi connectivity index (χ0v) is 8.26. The highest BCUT2D eigenvalue weighted by Gasteiger charge is 2.03. The summed E-state index contributed by atoms with van der Waals surface area (Å²) < 4.78 is 5.23. The standard InChI is InChI=1S/C10H13NO4/c12-6-1-7-15-8-9-2-4-10(5-3-9)11(13)14/h2-5,12H,1,6-8H2. The number of nitrogens with zero attached hydrogens (tertiary/aromatic N) is 1. The molecule has 0 atom stereocenters. The molecule has 0 heterocycles. The normalized spacial score (nSPS) is 10.2. The Balaban J connectivity index is 2.39. The van der Waals surface area contributed by atoms with Gasteiger partial charge >= 0.3 is 0 Å². The van der Waals surface area contributed by atoms with Crippen LogP contribution in [0.5, 0.6) is 0 Å². The van der Waals surface area contributed by atoms with E-state index in [0.717, 1.165) is 5.56 Å². The topological polar surface area (TPSA) is 72.6 Å². The summed E-state index contributed by atoms with van der Waals surface area (Å²) in [4.78, 5) is 9.92. The van der Waals surface area contributed by atoms with Gasteiger partial charge in [0.05, 0.1) is 11.5 Å². The van der Waals surface area contributed by atoms with Crippen molar-refractivity contribution in [1.29, 1.82) is 0 Å². The fourth-order valence-corrected chi connectivity index (χ4v) is 1.07. The third kappa shape index (κ3) is 4.05. The van der Waals surface area contributed by atoms with Crippen molar-refractivity contribution in [2.45, 2.75) is 13.0 Å². The molecule has 0 radical (unpaired) electrons. The summed E-state index contributed by atoms with van der Waals surface area (Å²) in [6, 6.07) is 6.23. The lowest BCUT2D eigenvalue weighted by Crippen LogP contribution is -1.97. The lowest BCUT2D eigenvalue weighted by Gasteiger charge is -2.02. The van der Waals surface area contributed by atoms with Gasteiger partial charge in [0.2, 0.25) is 0 Å². The van der Waals surface area contributed by atoms with Crippen LogP contribution in [0.1, 0.15) is 12.0 Å². The van der Waals surface area contributed by atoms with E-state index in [1.54, 1.807) is 12.1 Å². The molecule has 0 saturated carbocycles. The lowest BCUT2D eigenvalue weighted by molar-refractivity contribution is -0.384. The Morgan fingerprint density at radius 2 is 2.00 bits per heavy atom. The molecule has 15 heavy (non-hydrogen) atoms. The van der Waals surface area contributed by atoms with Crippen molar-refractivity contribution in [2.24, 2.45) is 0 Å². The number of non-ortho nitro benzene ring substituents is 1. The maximum absolute atomic E-state index is 10.4. The molecule has 1 aromatic carbocycles. The highest BCUT2D eigenvalue weighted by molar-refractivity contribution is 5.32. The molecule has 0 aromatic heterocycles. The predicted molar refractivity (Wildman–Crippen MR) is 54.5 cm³/mol. The number of aliphatic hydroxyl groups excluding tert-OH is 1. The first kappa shape index (κ1) is 11.6. The smallest absolute Gasteiger partial charge is 0.269 e. The number of nitro groups is 1. The number of nitro benzene ring substituents is 1. The van der Waals surface area contributed by atoms with Gasteiger partial charge in [0, 0.05) is 25.3 Å². The molecule has 1 rings (SSSR count). The van der Waals surface area contributed by atoms with Crippen LogP contribution in [0.4, 0.5) is 5.69 Å². The summed E-state index contributed by atoms with van der Waals surface area (Å²) in [7, 11) is 0. The number of benzene rings is 1. The van der Waals surface area contributed by atoms with Crippen LogP contribution in [0.25, 0.3) is 0 Å². The number of ether oxygens (including phenoxy) is 1. The summed E-state index contributed by atoms with van der Waals surface area (Å²) in [6.45, 7) is 1.02. The summed E-state index contributed by atoms with van der Waals surface area (Å²) in [5.74, 6) is 0. The van der Waals surface area contributed by atoms with E-state index in [1.807, 2.05) is 0 Å². The molecule has 0 aliphatic rings. The van der Waals surface area contributed by atoms with Crippen LogP contribution >= 0.6 is 0 Å². The molecule has 82 valence electrons. The van der Waals surface area contributed by atoms with Crippen LogP contribution in [-0.2, 0) is 11.3 Å². The molecule has 5 heteroatoms. The molecular formula is C10H13NO4. The Morgan fingerprint density at radius 1 is 1.33 bits per heavy atom. The van der Waals surface area contributed by atoms with Crippen LogP contribution in [-0.4, -0.2) is 23.2 Å². The summed E-state index contributed by atoms with van der Waals surface area (Å²) in [5, 5.41) is 18.9. The number of aliphatic hydroxyl groups is 1. The second kappa shape index (κ2) is 6.10. The van der Waals surface area contributed by atoms with Crippen LogP contribution in [0.2, 0.25) is 0 Å². The molecule has 0 saturated heterocycles. The van der Waals surface area contributed by atoms with E-state index in [2.05, 4.69) is 0 Å². The number of hydrogen-bond acceptors (Lipinski definition) is 4. The van der Waals surface area contributed by atoms with Gasteiger partial charge in [0.1, 0.15) is 0 Å². The van der Waals surface area contributed by atoms with Crippen LogP contribution < -0.4 is 0 Å². The van der Waals surface area contributed by atoms with Crippen LogP contribution in [0, 0.1) is 10.1 Å². The van der Waals surface area contributed by atoms with Crippen LogP contribution in [0.3, 0.4) is 0 Å². The molecule has 0 unspecified atom stereocenters. The van der Waals surface area contributed by atoms with E-state index in [-0.39, 0.29) is 12.3 Å². The van der Waals surface area contributed by atoms with Gasteiger partial charge in [-0.2, -0.15) is 0 Å². The Morgan fingerprint density at radius 3 is 2.53 bits per heavy atom. The number of hydrogen-bond donors (Lipinski definition) is 1. The minimum atomic E-state index is -0.434. The zero-order chi connectivity index (χ0) is 11.1. The fourth-order valence-electron chi connectivity index (χ4n) is 1.07. The largest absolute Gasteiger partial charge is 0.396 e. The Labute approximate surface area is 87.5 Å². The molecule has 0 spiro atoms. The third-order valence-electron chi connectivity index (χ3n) is 1.86. The highest BCUT2D eigenvalue weighted by Crippen LogP contribution is 2.12. The molecule has 0 fully saturated rings. The second-order valence-electron chi connectivity index (χ2n) is 3.05. The van der Waals surface area contributed by atoms with Gasteiger partial charge in [0.15, 0.2) is 0 Å². The van der Waals surface area contributed by atoms with Gasteiger partial charge in [-0.1, -0.05) is 0 Å². The number of rotatable bonds is 6. The average Bonchev–Trinajstić information content (AvgIpc) is 2.25. The van der Waals surface area contributed by atoms with E-state index >= 15 is 0 Å². The van der Waals surface area contributed by atoms with Crippen molar-refractivity contribution < 1.29 is 14.8 Å². The molecule has 0 bridgehead atoms. The van der Waals surface area contributed by atoms with Gasteiger partial charge in [-0.15, -0.1) is 0 Å². The molecular weight excluding hydrogens is 198 g/mol. The van der Waals surface area contributed by atoms with Gasteiger partial charge in [-0.05, 0) is 24.1 Å². The molecule has 1 N–H and O–H groups in total. The molecule has 1 aromatic rings. The van der Waals surface area contributed by atoms with Crippen molar-refractivity contribution in [1.82, 2.24) is 0 Å². The monoisotopic (exact) mass is 211 g/mol. The summed E-state index contributed by atoms with van der Waals surface area (Å²) in [6.07, 6.45) is 0.604. The first-order valence-corrected chi connectivity index (χ1v) is 4.66. The maximum atomic E-state index is 10.4. The van der Waals surface area contributed by atoms with E-state index < -0.39 is 4.92 Å². The fraction of sp³-hybridized carbons (Fsp3) is 0.400. The minimum Gasteiger partial charge on any atom is -0.396 e. The second-order valence-corrected chi connectivity index (χ2v) is 3.05. The van der Waals surface area contributed by atoms with E-state index in [1.165, 1.54) is 12.1 Å². The third-order valence-corrected chi connectivity index (χ3v) is 1.86. The average molecular weight is 211 g/mol. The van der Waals surface area contributed by atoms with Gasteiger partial charge in [-0.25, -0.2) is 0 Å². The molecule has 0 aliphatic heterocycles. The van der Waals surface area contributed by atoms with Crippen molar-refractivity contribution in [3.63, 3.8) is 0 Å². The molecule has 0 amide bonds. The van der Waals surface area contributed by atoms with Gasteiger partial charge in [-0.3, -0.25) is 10.1 Å². The highest BCUT2D eigenvalue weighted by atomic mass is 16.6. The quantitative estimate of drug-likeness (QED) is 0.439. The van der Waals surface area contributed by atoms with Crippen molar-refractivity contribution >= 4 is 5.69 Å². The van der Waals surface area contributed by atoms with Crippen molar-refractivity contribution in [3.8, 4) is 0 Å². The Bertz CT molecular complexity index is 310. The SMILES string of the molecule is O=[N+]([O-])c1ccc(COCCCO)cc1. The lowest BCUT2D eigenvalue weighted by atomic mass is 10.2. The zero-order valence-electron chi connectivity index (χ0n) is 8.26. The summed E-state index contributed by atoms with van der Waals surface area (Å²) in [5.41, 5.74) is 0.965. The summed E-state index contributed by atoms with van der Waals surface area (Å²) >= 11 is 0. The van der Waals surface area contributed by atoms with E-state index in [0.29, 0.717) is 19.6 Å². The molecule has 0 aliphatic carbocycles. The Kier molecular flexibility index (Phi) is 4.73. The first-order chi connectivity index (χ1) is 7.24. The molecule has 5 nitrogen and oxygen atoms in total.